The Morgan fingerprint density at radius 3 is 2.57 bits per heavy atom. The second-order valence-electron chi connectivity index (χ2n) is 3.62. The SMILES string of the molecule is CNc1nc(C)ccc1C(=O)C(C)C. The molecule has 1 N–H and O–H groups in total. The fourth-order valence-electron chi connectivity index (χ4n) is 1.26. The number of carbonyl (C=O) groups excluding carboxylic acids is 1. The number of rotatable bonds is 3. The molecule has 3 heteroatoms. The van der Waals surface area contributed by atoms with E-state index in [2.05, 4.69) is 10.3 Å². The summed E-state index contributed by atoms with van der Waals surface area (Å²) >= 11 is 0. The van der Waals surface area contributed by atoms with Gasteiger partial charge < -0.3 is 5.32 Å². The number of hydrogen-bond acceptors (Lipinski definition) is 3. The van der Waals surface area contributed by atoms with Gasteiger partial charge in [-0.2, -0.15) is 0 Å². The molecule has 3 nitrogen and oxygen atoms in total. The van der Waals surface area contributed by atoms with E-state index in [0.717, 1.165) is 5.69 Å². The van der Waals surface area contributed by atoms with Crippen molar-refractivity contribution in [3.05, 3.63) is 23.4 Å². The molecular formula is C11H16N2O. The molecule has 0 saturated heterocycles. The molecule has 14 heavy (non-hydrogen) atoms. The molecular weight excluding hydrogens is 176 g/mol. The number of ketones is 1. The second-order valence-corrected chi connectivity index (χ2v) is 3.62. The minimum Gasteiger partial charge on any atom is -0.373 e. The lowest BCUT2D eigenvalue weighted by atomic mass is 10.0. The summed E-state index contributed by atoms with van der Waals surface area (Å²) in [6, 6.07) is 3.69. The first-order chi connectivity index (χ1) is 6.56. The minimum absolute atomic E-state index is 0.00612. The van der Waals surface area contributed by atoms with Crippen LogP contribution in [0.3, 0.4) is 0 Å². The van der Waals surface area contributed by atoms with E-state index in [0.29, 0.717) is 11.4 Å². The van der Waals surface area contributed by atoms with Gasteiger partial charge in [-0.15, -0.1) is 0 Å². The number of hydrogen-bond donors (Lipinski definition) is 1. The number of aromatic nitrogens is 1. The number of anilines is 1. The van der Waals surface area contributed by atoms with Gasteiger partial charge in [-0.3, -0.25) is 4.79 Å². The molecule has 76 valence electrons. The maximum absolute atomic E-state index is 11.8. The highest BCUT2D eigenvalue weighted by Crippen LogP contribution is 2.16. The Labute approximate surface area is 84.6 Å². The summed E-state index contributed by atoms with van der Waals surface area (Å²) in [5.41, 5.74) is 1.59. The Kier molecular flexibility index (Phi) is 3.23. The van der Waals surface area contributed by atoms with Crippen LogP contribution in [0.15, 0.2) is 12.1 Å². The molecule has 0 aliphatic rings. The van der Waals surface area contributed by atoms with E-state index in [1.54, 1.807) is 7.05 Å². The van der Waals surface area contributed by atoms with Crippen molar-refractivity contribution in [2.45, 2.75) is 20.8 Å². The van der Waals surface area contributed by atoms with Crippen molar-refractivity contribution in [1.82, 2.24) is 4.98 Å². The van der Waals surface area contributed by atoms with Crippen molar-refractivity contribution in [1.29, 1.82) is 0 Å². The molecule has 0 bridgehead atoms. The zero-order valence-corrected chi connectivity index (χ0v) is 9.09. The van der Waals surface area contributed by atoms with Crippen molar-refractivity contribution < 1.29 is 4.79 Å². The van der Waals surface area contributed by atoms with Crippen molar-refractivity contribution in [3.8, 4) is 0 Å². The van der Waals surface area contributed by atoms with E-state index < -0.39 is 0 Å². The standard InChI is InChI=1S/C11H16N2O/c1-7(2)10(14)9-6-5-8(3)13-11(9)12-4/h5-7H,1-4H3,(H,12,13). The fraction of sp³-hybridized carbons (Fsp3) is 0.455. The van der Waals surface area contributed by atoms with Crippen LogP contribution in [0.1, 0.15) is 29.9 Å². The highest BCUT2D eigenvalue weighted by molar-refractivity contribution is 6.01. The second kappa shape index (κ2) is 4.22. The summed E-state index contributed by atoms with van der Waals surface area (Å²) < 4.78 is 0. The van der Waals surface area contributed by atoms with Crippen LogP contribution < -0.4 is 5.32 Å². The Hall–Kier alpha value is -1.38. The van der Waals surface area contributed by atoms with Crippen LogP contribution >= 0.6 is 0 Å². The minimum atomic E-state index is 0.00612. The Morgan fingerprint density at radius 2 is 2.07 bits per heavy atom. The first-order valence-corrected chi connectivity index (χ1v) is 4.76. The lowest BCUT2D eigenvalue weighted by molar-refractivity contribution is 0.0940. The van der Waals surface area contributed by atoms with Gasteiger partial charge in [-0.25, -0.2) is 4.98 Å². The smallest absolute Gasteiger partial charge is 0.169 e. The molecule has 0 fully saturated rings. The molecule has 0 atom stereocenters. The molecule has 1 rings (SSSR count). The predicted octanol–water partition coefficient (Wildman–Crippen LogP) is 2.27. The molecule has 0 aliphatic heterocycles. The quantitative estimate of drug-likeness (QED) is 0.747. The third kappa shape index (κ3) is 2.10. The number of nitrogens with zero attached hydrogens (tertiary/aromatic N) is 1. The zero-order chi connectivity index (χ0) is 10.7. The van der Waals surface area contributed by atoms with E-state index in [1.165, 1.54) is 0 Å². The van der Waals surface area contributed by atoms with Crippen molar-refractivity contribution in [3.63, 3.8) is 0 Å². The maximum atomic E-state index is 11.8. The van der Waals surface area contributed by atoms with Crippen LogP contribution in [0.5, 0.6) is 0 Å². The Morgan fingerprint density at radius 1 is 1.43 bits per heavy atom. The summed E-state index contributed by atoms with van der Waals surface area (Å²) in [5.74, 6) is 0.803. The topological polar surface area (TPSA) is 42.0 Å². The van der Waals surface area contributed by atoms with Gasteiger partial charge in [0, 0.05) is 18.7 Å². The molecule has 0 unspecified atom stereocenters. The van der Waals surface area contributed by atoms with Gasteiger partial charge in [-0.05, 0) is 19.1 Å². The van der Waals surface area contributed by atoms with Gasteiger partial charge in [0.15, 0.2) is 5.78 Å². The van der Waals surface area contributed by atoms with E-state index in [-0.39, 0.29) is 11.7 Å². The highest BCUT2D eigenvalue weighted by atomic mass is 16.1. The van der Waals surface area contributed by atoms with Gasteiger partial charge >= 0.3 is 0 Å². The predicted molar refractivity (Wildman–Crippen MR) is 57.7 cm³/mol. The van der Waals surface area contributed by atoms with Crippen LogP contribution in [-0.2, 0) is 0 Å². The van der Waals surface area contributed by atoms with E-state index in [4.69, 9.17) is 0 Å². The maximum Gasteiger partial charge on any atom is 0.169 e. The van der Waals surface area contributed by atoms with Crippen LogP contribution in [0.25, 0.3) is 0 Å². The average molecular weight is 192 g/mol. The largest absolute Gasteiger partial charge is 0.373 e. The van der Waals surface area contributed by atoms with Gasteiger partial charge in [0.2, 0.25) is 0 Å². The third-order valence-corrected chi connectivity index (χ3v) is 2.06. The van der Waals surface area contributed by atoms with Gasteiger partial charge in [0.05, 0.1) is 5.56 Å². The number of Topliss-reactive ketones (excluding diaryl/α,β-unsaturated/α-hetero) is 1. The molecule has 0 saturated carbocycles. The van der Waals surface area contributed by atoms with Crippen LogP contribution in [0, 0.1) is 12.8 Å². The van der Waals surface area contributed by atoms with Gasteiger partial charge in [0.25, 0.3) is 0 Å². The van der Waals surface area contributed by atoms with Crippen LogP contribution in [0.2, 0.25) is 0 Å². The van der Waals surface area contributed by atoms with E-state index >= 15 is 0 Å². The number of carbonyl (C=O) groups is 1. The summed E-state index contributed by atoms with van der Waals surface area (Å²) in [6.07, 6.45) is 0. The van der Waals surface area contributed by atoms with Crippen LogP contribution in [-0.4, -0.2) is 17.8 Å². The molecule has 0 aromatic carbocycles. The van der Waals surface area contributed by atoms with Crippen LogP contribution in [0.4, 0.5) is 5.82 Å². The van der Waals surface area contributed by atoms with Gasteiger partial charge in [0.1, 0.15) is 5.82 Å². The number of pyridine rings is 1. The lowest BCUT2D eigenvalue weighted by Gasteiger charge is -2.09. The normalized spacial score (nSPS) is 10.4. The molecule has 0 radical (unpaired) electrons. The highest BCUT2D eigenvalue weighted by Gasteiger charge is 2.14. The molecule has 0 spiro atoms. The van der Waals surface area contributed by atoms with Crippen molar-refractivity contribution in [2.75, 3.05) is 12.4 Å². The summed E-state index contributed by atoms with van der Waals surface area (Å²) in [7, 11) is 1.78. The molecule has 1 heterocycles. The molecule has 0 aliphatic carbocycles. The fourth-order valence-corrected chi connectivity index (χ4v) is 1.26. The Balaban J connectivity index is 3.14. The first kappa shape index (κ1) is 10.7. The molecule has 0 amide bonds. The third-order valence-electron chi connectivity index (χ3n) is 2.06. The number of nitrogens with one attached hydrogen (secondary N) is 1. The summed E-state index contributed by atoms with van der Waals surface area (Å²) in [4.78, 5) is 16.0. The van der Waals surface area contributed by atoms with Crippen molar-refractivity contribution in [2.24, 2.45) is 5.92 Å². The van der Waals surface area contributed by atoms with Gasteiger partial charge in [-0.1, -0.05) is 13.8 Å². The number of aryl methyl sites for hydroxylation is 1. The molecule has 1 aromatic heterocycles. The monoisotopic (exact) mass is 192 g/mol. The first-order valence-electron chi connectivity index (χ1n) is 4.76. The van der Waals surface area contributed by atoms with Crippen molar-refractivity contribution >= 4 is 11.6 Å². The Bertz CT molecular complexity index is 345. The molecule has 1 aromatic rings. The lowest BCUT2D eigenvalue weighted by Crippen LogP contribution is -2.11. The summed E-state index contributed by atoms with van der Waals surface area (Å²) in [5, 5.41) is 2.94. The summed E-state index contributed by atoms with van der Waals surface area (Å²) in [6.45, 7) is 5.69. The zero-order valence-electron chi connectivity index (χ0n) is 9.09. The van der Waals surface area contributed by atoms with E-state index in [9.17, 15) is 4.79 Å². The average Bonchev–Trinajstić information content (AvgIpc) is 2.16. The van der Waals surface area contributed by atoms with E-state index in [1.807, 2.05) is 32.9 Å².